The molecule has 0 aliphatic rings. The predicted octanol–water partition coefficient (Wildman–Crippen LogP) is -0.422. The van der Waals surface area contributed by atoms with Crippen molar-refractivity contribution in [2.75, 3.05) is 0 Å². The summed E-state index contributed by atoms with van der Waals surface area (Å²) in [6.45, 7) is 3.27. The molecule has 0 aromatic heterocycles. The molecule has 0 aliphatic heterocycles. The summed E-state index contributed by atoms with van der Waals surface area (Å²) < 4.78 is 0. The number of hydrogen-bond donors (Lipinski definition) is 2. The van der Waals surface area contributed by atoms with Crippen molar-refractivity contribution in [3.05, 3.63) is 6.42 Å². The number of carbonyl (C=O) groups excluding carboxylic acids is 2. The predicted molar refractivity (Wildman–Crippen MR) is 41.1 cm³/mol. The minimum Gasteiger partial charge on any atom is -0.370 e. The Balaban J connectivity index is 3.92. The van der Waals surface area contributed by atoms with Gasteiger partial charge in [-0.1, -0.05) is 13.8 Å². The summed E-state index contributed by atoms with van der Waals surface area (Å²) in [5.41, 5.74) is 9.16. The van der Waals surface area contributed by atoms with Gasteiger partial charge in [0, 0.05) is 11.8 Å². The largest absolute Gasteiger partial charge is 0.370 e. The number of primary amides is 2. The quantitative estimate of drug-likeness (QED) is 0.580. The molecule has 1 radical (unpaired) electrons. The van der Waals surface area contributed by atoms with E-state index < -0.39 is 17.2 Å². The molecule has 0 unspecified atom stereocenters. The van der Waals surface area contributed by atoms with Crippen LogP contribution in [0.15, 0.2) is 0 Å². The second kappa shape index (κ2) is 3.37. The maximum absolute atomic E-state index is 10.7. The Bertz CT molecular complexity index is 175. The van der Waals surface area contributed by atoms with E-state index in [9.17, 15) is 9.59 Å². The van der Waals surface area contributed by atoms with E-state index in [1.807, 2.05) is 0 Å². The van der Waals surface area contributed by atoms with E-state index in [4.69, 9.17) is 11.5 Å². The summed E-state index contributed by atoms with van der Waals surface area (Å²) in [4.78, 5) is 21.0. The van der Waals surface area contributed by atoms with E-state index in [0.29, 0.717) is 0 Å². The summed E-state index contributed by atoms with van der Waals surface area (Å²) in [6, 6.07) is 0. The lowest BCUT2D eigenvalue weighted by atomic mass is 9.87. The summed E-state index contributed by atoms with van der Waals surface area (Å²) in [5, 5.41) is 0. The van der Waals surface area contributed by atoms with Crippen LogP contribution in [0.3, 0.4) is 0 Å². The van der Waals surface area contributed by atoms with Crippen molar-refractivity contribution >= 4 is 11.8 Å². The maximum atomic E-state index is 10.7. The molecular formula is C7H13N2O2. The van der Waals surface area contributed by atoms with Crippen LogP contribution in [0.2, 0.25) is 0 Å². The molecule has 0 saturated carbocycles. The third-order valence-corrected chi connectivity index (χ3v) is 1.45. The number of amides is 2. The molecule has 11 heavy (non-hydrogen) atoms. The molecule has 0 heterocycles. The summed E-state index contributed by atoms with van der Waals surface area (Å²) in [6.07, 6.45) is 1.59. The van der Waals surface area contributed by atoms with Crippen molar-refractivity contribution in [1.82, 2.24) is 0 Å². The van der Waals surface area contributed by atoms with Crippen LogP contribution < -0.4 is 11.5 Å². The molecule has 4 nitrogen and oxygen atoms in total. The van der Waals surface area contributed by atoms with Crippen LogP contribution in [0.1, 0.15) is 20.3 Å². The summed E-state index contributed by atoms with van der Waals surface area (Å²) in [5.74, 6) is -0.918. The number of nitrogens with two attached hydrogens (primary N) is 2. The molecular weight excluding hydrogens is 144 g/mol. The Morgan fingerprint density at radius 2 is 1.82 bits per heavy atom. The third kappa shape index (κ3) is 3.60. The molecule has 4 heteroatoms. The highest BCUT2D eigenvalue weighted by atomic mass is 16.1. The fraction of sp³-hybridized carbons (Fsp3) is 0.571. The van der Waals surface area contributed by atoms with Crippen LogP contribution in [0, 0.1) is 11.8 Å². The van der Waals surface area contributed by atoms with Gasteiger partial charge in [-0.05, 0) is 6.42 Å². The average molecular weight is 157 g/mol. The Hall–Kier alpha value is -1.06. The SMILES string of the molecule is CC(C)([CH]CC(N)=O)C(N)=O. The highest BCUT2D eigenvalue weighted by molar-refractivity contribution is 5.83. The van der Waals surface area contributed by atoms with E-state index >= 15 is 0 Å². The first-order valence-corrected chi connectivity index (χ1v) is 3.29. The lowest BCUT2D eigenvalue weighted by Crippen LogP contribution is -2.33. The van der Waals surface area contributed by atoms with Crippen molar-refractivity contribution < 1.29 is 9.59 Å². The van der Waals surface area contributed by atoms with E-state index in [0.717, 1.165) is 0 Å². The molecule has 0 aromatic carbocycles. The Morgan fingerprint density at radius 1 is 1.36 bits per heavy atom. The zero-order valence-corrected chi connectivity index (χ0v) is 6.76. The Labute approximate surface area is 65.9 Å². The monoisotopic (exact) mass is 157 g/mol. The van der Waals surface area contributed by atoms with Crippen LogP contribution in [-0.2, 0) is 9.59 Å². The van der Waals surface area contributed by atoms with Gasteiger partial charge in [0.2, 0.25) is 11.8 Å². The Kier molecular flexibility index (Phi) is 3.04. The normalized spacial score (nSPS) is 11.1. The van der Waals surface area contributed by atoms with Gasteiger partial charge in [-0.25, -0.2) is 0 Å². The second-order valence-corrected chi connectivity index (χ2v) is 2.96. The fourth-order valence-electron chi connectivity index (χ4n) is 0.456. The van der Waals surface area contributed by atoms with E-state index in [-0.39, 0.29) is 6.42 Å². The van der Waals surface area contributed by atoms with Gasteiger partial charge in [0.25, 0.3) is 0 Å². The molecule has 0 aromatic rings. The zero-order chi connectivity index (χ0) is 9.07. The Morgan fingerprint density at radius 3 is 2.09 bits per heavy atom. The molecule has 0 aliphatic carbocycles. The molecule has 0 fully saturated rings. The molecule has 4 N–H and O–H groups in total. The van der Waals surface area contributed by atoms with E-state index in [1.54, 1.807) is 13.8 Å². The zero-order valence-electron chi connectivity index (χ0n) is 6.76. The van der Waals surface area contributed by atoms with E-state index in [1.165, 1.54) is 6.42 Å². The van der Waals surface area contributed by atoms with Gasteiger partial charge >= 0.3 is 0 Å². The highest BCUT2D eigenvalue weighted by Gasteiger charge is 2.25. The second-order valence-electron chi connectivity index (χ2n) is 2.96. The highest BCUT2D eigenvalue weighted by Crippen LogP contribution is 2.19. The van der Waals surface area contributed by atoms with E-state index in [2.05, 4.69) is 0 Å². The molecule has 63 valence electrons. The van der Waals surface area contributed by atoms with Crippen molar-refractivity contribution in [3.63, 3.8) is 0 Å². The smallest absolute Gasteiger partial charge is 0.223 e. The van der Waals surface area contributed by atoms with Gasteiger partial charge in [-0.3, -0.25) is 9.59 Å². The van der Waals surface area contributed by atoms with Gasteiger partial charge < -0.3 is 11.5 Å². The minimum atomic E-state index is -0.755. The molecule has 0 atom stereocenters. The van der Waals surface area contributed by atoms with Crippen molar-refractivity contribution in [2.45, 2.75) is 20.3 Å². The first-order valence-electron chi connectivity index (χ1n) is 3.29. The lowest BCUT2D eigenvalue weighted by Gasteiger charge is -2.18. The molecule has 2 amide bonds. The lowest BCUT2D eigenvalue weighted by molar-refractivity contribution is -0.124. The third-order valence-electron chi connectivity index (χ3n) is 1.45. The van der Waals surface area contributed by atoms with Gasteiger partial charge in [0.1, 0.15) is 0 Å². The van der Waals surface area contributed by atoms with Gasteiger partial charge in [-0.2, -0.15) is 0 Å². The van der Waals surface area contributed by atoms with Crippen molar-refractivity contribution in [2.24, 2.45) is 16.9 Å². The van der Waals surface area contributed by atoms with Crippen LogP contribution in [-0.4, -0.2) is 11.8 Å². The first-order chi connectivity index (χ1) is 4.86. The molecule has 0 spiro atoms. The van der Waals surface area contributed by atoms with Gasteiger partial charge in [0.15, 0.2) is 0 Å². The first kappa shape index (κ1) is 9.94. The number of hydrogen-bond acceptors (Lipinski definition) is 2. The average Bonchev–Trinajstić information content (AvgIpc) is 1.84. The molecule has 0 saturated heterocycles. The number of carbonyl (C=O) groups is 2. The van der Waals surface area contributed by atoms with Gasteiger partial charge in [-0.15, -0.1) is 0 Å². The van der Waals surface area contributed by atoms with Crippen LogP contribution in [0.25, 0.3) is 0 Å². The topological polar surface area (TPSA) is 86.2 Å². The molecule has 0 bridgehead atoms. The van der Waals surface area contributed by atoms with Gasteiger partial charge in [0.05, 0.1) is 0 Å². The van der Waals surface area contributed by atoms with Crippen molar-refractivity contribution in [3.8, 4) is 0 Å². The summed E-state index contributed by atoms with van der Waals surface area (Å²) in [7, 11) is 0. The minimum absolute atomic E-state index is 0.0793. The van der Waals surface area contributed by atoms with Crippen LogP contribution in [0.5, 0.6) is 0 Å². The molecule has 0 rings (SSSR count). The van der Waals surface area contributed by atoms with Crippen LogP contribution in [0.4, 0.5) is 0 Å². The van der Waals surface area contributed by atoms with Crippen LogP contribution >= 0.6 is 0 Å². The summed E-state index contributed by atoms with van der Waals surface area (Å²) >= 11 is 0. The fourth-order valence-corrected chi connectivity index (χ4v) is 0.456. The number of rotatable bonds is 4. The maximum Gasteiger partial charge on any atom is 0.223 e. The standard InChI is InChI=1S/C7H13N2O2/c1-7(2,6(9)11)4-3-5(8)10/h4H,3H2,1-2H3,(H2,8,10)(H2,9,11). The van der Waals surface area contributed by atoms with Crippen molar-refractivity contribution in [1.29, 1.82) is 0 Å².